The number of aryl methyl sites for hydroxylation is 1. The quantitative estimate of drug-likeness (QED) is 0.573. The molecule has 26 heavy (non-hydrogen) atoms. The summed E-state index contributed by atoms with van der Waals surface area (Å²) >= 11 is 6.07. The zero-order valence-electron chi connectivity index (χ0n) is 15.5. The maximum Gasteiger partial charge on any atom is 0.226 e. The first-order valence-corrected chi connectivity index (χ1v) is 8.92. The first-order chi connectivity index (χ1) is 12.5. The Bertz CT molecular complexity index is 891. The minimum atomic E-state index is 0.218. The van der Waals surface area contributed by atoms with Crippen LogP contribution in [-0.2, 0) is 6.54 Å². The first-order valence-electron chi connectivity index (χ1n) is 8.54. The second-order valence-electron chi connectivity index (χ2n) is 6.40. The molecule has 1 heterocycles. The number of oxazole rings is 1. The summed E-state index contributed by atoms with van der Waals surface area (Å²) in [5.74, 6) is 2.29. The minimum absolute atomic E-state index is 0.218. The summed E-state index contributed by atoms with van der Waals surface area (Å²) in [6, 6.07) is 15.9. The third-order valence-corrected chi connectivity index (χ3v) is 4.84. The number of hydrogen-bond donors (Lipinski definition) is 0. The van der Waals surface area contributed by atoms with Crippen LogP contribution >= 0.6 is 11.6 Å². The highest BCUT2D eigenvalue weighted by Crippen LogP contribution is 2.27. The summed E-state index contributed by atoms with van der Waals surface area (Å²) in [5, 5.41) is 0.670. The normalized spacial score (nSPS) is 12.4. The topological polar surface area (TPSA) is 38.5 Å². The van der Waals surface area contributed by atoms with E-state index in [-0.39, 0.29) is 6.04 Å². The molecular weight excluding hydrogens is 348 g/mol. The lowest BCUT2D eigenvalue weighted by Gasteiger charge is -2.24. The van der Waals surface area contributed by atoms with Gasteiger partial charge < -0.3 is 9.15 Å². The maximum atomic E-state index is 6.07. The van der Waals surface area contributed by atoms with E-state index in [1.807, 2.05) is 43.3 Å². The molecule has 5 heteroatoms. The maximum absolute atomic E-state index is 6.07. The molecule has 4 nitrogen and oxygen atoms in total. The van der Waals surface area contributed by atoms with Gasteiger partial charge in [-0.3, -0.25) is 4.90 Å². The molecule has 0 aliphatic carbocycles. The summed E-state index contributed by atoms with van der Waals surface area (Å²) in [4.78, 5) is 6.92. The molecule has 0 radical (unpaired) electrons. The average molecular weight is 371 g/mol. The fourth-order valence-electron chi connectivity index (χ4n) is 2.85. The van der Waals surface area contributed by atoms with Gasteiger partial charge in [0.05, 0.1) is 12.8 Å². The number of halogens is 1. The summed E-state index contributed by atoms with van der Waals surface area (Å²) in [7, 11) is 3.76. The highest BCUT2D eigenvalue weighted by Gasteiger charge is 2.18. The molecule has 0 bridgehead atoms. The molecule has 3 aromatic rings. The van der Waals surface area contributed by atoms with Crippen molar-refractivity contribution in [2.45, 2.75) is 26.4 Å². The van der Waals surface area contributed by atoms with Gasteiger partial charge in [-0.15, -0.1) is 0 Å². The van der Waals surface area contributed by atoms with E-state index < -0.39 is 0 Å². The Morgan fingerprint density at radius 1 is 1.19 bits per heavy atom. The Kier molecular flexibility index (Phi) is 5.64. The van der Waals surface area contributed by atoms with Crippen molar-refractivity contribution in [3.8, 4) is 17.2 Å². The number of benzene rings is 2. The molecule has 2 aromatic carbocycles. The average Bonchev–Trinajstić information content (AvgIpc) is 3.01. The van der Waals surface area contributed by atoms with Crippen molar-refractivity contribution in [2.75, 3.05) is 14.2 Å². The Balaban J connectivity index is 1.77. The lowest BCUT2D eigenvalue weighted by atomic mass is 10.1. The van der Waals surface area contributed by atoms with Crippen molar-refractivity contribution >= 4 is 11.6 Å². The van der Waals surface area contributed by atoms with Crippen LogP contribution in [0, 0.1) is 6.92 Å². The van der Waals surface area contributed by atoms with Gasteiger partial charge in [-0.25, -0.2) is 4.98 Å². The van der Waals surface area contributed by atoms with Crippen molar-refractivity contribution < 1.29 is 9.15 Å². The SMILES string of the molecule is COc1cccc([C@H](C)N(C)Cc2nc(-c3cccc(Cl)c3)oc2C)c1. The molecule has 0 saturated heterocycles. The molecule has 1 aromatic heterocycles. The molecule has 0 amide bonds. The molecule has 0 fully saturated rings. The van der Waals surface area contributed by atoms with Crippen LogP contribution in [0.1, 0.15) is 30.0 Å². The second kappa shape index (κ2) is 7.94. The summed E-state index contributed by atoms with van der Waals surface area (Å²) in [6.45, 7) is 4.80. The number of aromatic nitrogens is 1. The summed E-state index contributed by atoms with van der Waals surface area (Å²) < 4.78 is 11.2. The minimum Gasteiger partial charge on any atom is -0.497 e. The van der Waals surface area contributed by atoms with E-state index in [1.54, 1.807) is 7.11 Å². The predicted octanol–water partition coefficient (Wildman–Crippen LogP) is 5.51. The van der Waals surface area contributed by atoms with E-state index in [0.717, 1.165) is 22.8 Å². The number of rotatable bonds is 6. The van der Waals surface area contributed by atoms with Crippen LogP contribution in [0.25, 0.3) is 11.5 Å². The highest BCUT2D eigenvalue weighted by molar-refractivity contribution is 6.30. The van der Waals surface area contributed by atoms with Crippen molar-refractivity contribution in [2.24, 2.45) is 0 Å². The van der Waals surface area contributed by atoms with Crippen LogP contribution in [-0.4, -0.2) is 24.0 Å². The van der Waals surface area contributed by atoms with Crippen LogP contribution in [0.15, 0.2) is 52.9 Å². The Morgan fingerprint density at radius 2 is 1.96 bits per heavy atom. The largest absolute Gasteiger partial charge is 0.497 e. The van der Waals surface area contributed by atoms with E-state index >= 15 is 0 Å². The Labute approximate surface area is 159 Å². The van der Waals surface area contributed by atoms with Crippen LogP contribution in [0.2, 0.25) is 5.02 Å². The third kappa shape index (κ3) is 4.09. The molecule has 0 aliphatic rings. The number of hydrogen-bond acceptors (Lipinski definition) is 4. The predicted molar refractivity (Wildman–Crippen MR) is 105 cm³/mol. The third-order valence-electron chi connectivity index (χ3n) is 4.60. The lowest BCUT2D eigenvalue weighted by Crippen LogP contribution is -2.22. The van der Waals surface area contributed by atoms with E-state index in [9.17, 15) is 0 Å². The molecule has 0 aliphatic heterocycles. The van der Waals surface area contributed by atoms with Crippen LogP contribution < -0.4 is 4.74 Å². The first kappa shape index (κ1) is 18.5. The molecular formula is C21H23ClN2O2. The standard InChI is InChI=1S/C21H23ClN2O2/c1-14(16-7-6-10-19(12-16)25-4)24(3)13-20-15(2)26-21(23-20)17-8-5-9-18(22)11-17/h5-12,14H,13H2,1-4H3/t14-/m0/s1. The zero-order valence-corrected chi connectivity index (χ0v) is 16.2. The van der Waals surface area contributed by atoms with Gasteiger partial charge >= 0.3 is 0 Å². The zero-order chi connectivity index (χ0) is 18.7. The van der Waals surface area contributed by atoms with Gasteiger partial charge in [0.2, 0.25) is 5.89 Å². The molecule has 0 saturated carbocycles. The smallest absolute Gasteiger partial charge is 0.226 e. The van der Waals surface area contributed by atoms with Gasteiger partial charge in [0.15, 0.2) is 0 Å². The fourth-order valence-corrected chi connectivity index (χ4v) is 3.04. The number of nitrogens with zero attached hydrogens (tertiary/aromatic N) is 2. The van der Waals surface area contributed by atoms with Gasteiger partial charge in [-0.1, -0.05) is 29.8 Å². The van der Waals surface area contributed by atoms with Gasteiger partial charge in [0.1, 0.15) is 11.5 Å². The Morgan fingerprint density at radius 3 is 2.69 bits per heavy atom. The molecule has 3 rings (SSSR count). The van der Waals surface area contributed by atoms with Crippen LogP contribution in [0.4, 0.5) is 0 Å². The highest BCUT2D eigenvalue weighted by atomic mass is 35.5. The van der Waals surface area contributed by atoms with Gasteiger partial charge in [-0.2, -0.15) is 0 Å². The van der Waals surface area contributed by atoms with Crippen molar-refractivity contribution in [3.05, 3.63) is 70.6 Å². The monoisotopic (exact) mass is 370 g/mol. The number of ether oxygens (including phenoxy) is 1. The van der Waals surface area contributed by atoms with Crippen molar-refractivity contribution in [1.29, 1.82) is 0 Å². The molecule has 0 spiro atoms. The van der Waals surface area contributed by atoms with E-state index in [4.69, 9.17) is 20.8 Å². The van der Waals surface area contributed by atoms with Gasteiger partial charge in [0, 0.05) is 23.2 Å². The summed E-state index contributed by atoms with van der Waals surface area (Å²) in [6.07, 6.45) is 0. The van der Waals surface area contributed by atoms with Crippen molar-refractivity contribution in [1.82, 2.24) is 9.88 Å². The molecule has 136 valence electrons. The Hall–Kier alpha value is -2.30. The molecule has 1 atom stereocenters. The summed E-state index contributed by atoms with van der Waals surface area (Å²) in [5.41, 5.74) is 3.01. The molecule has 0 N–H and O–H groups in total. The van der Waals surface area contributed by atoms with Crippen molar-refractivity contribution in [3.63, 3.8) is 0 Å². The van der Waals surface area contributed by atoms with Crippen LogP contribution in [0.5, 0.6) is 5.75 Å². The lowest BCUT2D eigenvalue weighted by molar-refractivity contribution is 0.248. The fraction of sp³-hybridized carbons (Fsp3) is 0.286. The number of methoxy groups -OCH3 is 1. The van der Waals surface area contributed by atoms with E-state index in [2.05, 4.69) is 36.0 Å². The van der Waals surface area contributed by atoms with Gasteiger partial charge in [0.25, 0.3) is 0 Å². The van der Waals surface area contributed by atoms with Gasteiger partial charge in [-0.05, 0) is 56.8 Å². The second-order valence-corrected chi connectivity index (χ2v) is 6.84. The van der Waals surface area contributed by atoms with E-state index in [0.29, 0.717) is 17.5 Å². The van der Waals surface area contributed by atoms with E-state index in [1.165, 1.54) is 5.56 Å². The molecule has 0 unspecified atom stereocenters. The van der Waals surface area contributed by atoms with Crippen LogP contribution in [0.3, 0.4) is 0 Å².